The maximum atomic E-state index is 12.1. The smallest absolute Gasteiger partial charge is 0.342 e. The molecule has 2 nitrogen and oxygen atoms in total. The first-order valence-electron chi connectivity index (χ1n) is 6.82. The largest absolute Gasteiger partial charge is 0.389 e. The Bertz CT molecular complexity index is 444. The lowest BCUT2D eigenvalue weighted by Crippen LogP contribution is -2.27. The van der Waals surface area contributed by atoms with Crippen molar-refractivity contribution in [3.05, 3.63) is 35.9 Å². The van der Waals surface area contributed by atoms with Gasteiger partial charge in [0.15, 0.2) is 0 Å². The summed E-state index contributed by atoms with van der Waals surface area (Å²) >= 11 is 0. The van der Waals surface area contributed by atoms with Crippen molar-refractivity contribution >= 4 is 5.91 Å². The van der Waals surface area contributed by atoms with E-state index in [2.05, 4.69) is 0 Å². The predicted molar refractivity (Wildman–Crippen MR) is 70.1 cm³/mol. The number of hydrogen-bond donors (Lipinski definition) is 0. The summed E-state index contributed by atoms with van der Waals surface area (Å²) in [7, 11) is 0. The summed E-state index contributed by atoms with van der Waals surface area (Å²) in [5, 5.41) is 0. The second-order valence-electron chi connectivity index (χ2n) is 5.32. The second kappa shape index (κ2) is 6.29. The highest BCUT2D eigenvalue weighted by molar-refractivity contribution is 5.78. The van der Waals surface area contributed by atoms with Gasteiger partial charge in [-0.05, 0) is 24.3 Å². The van der Waals surface area contributed by atoms with Gasteiger partial charge in [0, 0.05) is 25.9 Å². The molecule has 1 aliphatic heterocycles. The van der Waals surface area contributed by atoms with Crippen LogP contribution < -0.4 is 0 Å². The van der Waals surface area contributed by atoms with Crippen molar-refractivity contribution in [2.75, 3.05) is 13.1 Å². The van der Waals surface area contributed by atoms with Crippen molar-refractivity contribution in [2.24, 2.45) is 5.92 Å². The number of hydrogen-bond acceptors (Lipinski definition) is 1. The SMILES string of the molecule is O=C1CC(Cc2ccccc2)CN1CCCC(F)(F)F. The number of amides is 1. The molecule has 1 aliphatic rings. The molecule has 1 aromatic carbocycles. The molecule has 1 unspecified atom stereocenters. The highest BCUT2D eigenvalue weighted by Gasteiger charge is 2.31. The minimum atomic E-state index is -4.13. The summed E-state index contributed by atoms with van der Waals surface area (Å²) in [6.45, 7) is 0.787. The van der Waals surface area contributed by atoms with E-state index in [1.54, 1.807) is 4.90 Å². The average Bonchev–Trinajstić information content (AvgIpc) is 2.69. The minimum absolute atomic E-state index is 0.00665. The summed E-state index contributed by atoms with van der Waals surface area (Å²) in [6.07, 6.45) is -3.71. The van der Waals surface area contributed by atoms with E-state index >= 15 is 0 Å². The van der Waals surface area contributed by atoms with E-state index in [0.717, 1.165) is 6.42 Å². The third kappa shape index (κ3) is 4.54. The van der Waals surface area contributed by atoms with Crippen LogP contribution in [0.25, 0.3) is 0 Å². The van der Waals surface area contributed by atoms with Gasteiger partial charge in [0.05, 0.1) is 0 Å². The number of carbonyl (C=O) groups is 1. The van der Waals surface area contributed by atoms with Crippen molar-refractivity contribution in [1.82, 2.24) is 4.90 Å². The minimum Gasteiger partial charge on any atom is -0.342 e. The van der Waals surface area contributed by atoms with Crippen LogP contribution in [-0.4, -0.2) is 30.1 Å². The van der Waals surface area contributed by atoms with Gasteiger partial charge in [-0.3, -0.25) is 4.79 Å². The molecule has 5 heteroatoms. The Labute approximate surface area is 116 Å². The van der Waals surface area contributed by atoms with E-state index in [1.165, 1.54) is 5.56 Å². The summed E-state index contributed by atoms with van der Waals surface area (Å²) in [5.41, 5.74) is 1.17. The van der Waals surface area contributed by atoms with E-state index in [9.17, 15) is 18.0 Å². The molecule has 1 heterocycles. The summed E-state index contributed by atoms with van der Waals surface area (Å²) in [6, 6.07) is 9.86. The molecule has 0 bridgehead atoms. The van der Waals surface area contributed by atoms with E-state index in [1.807, 2.05) is 30.3 Å². The molecule has 110 valence electrons. The molecule has 1 saturated heterocycles. The zero-order valence-electron chi connectivity index (χ0n) is 11.2. The van der Waals surface area contributed by atoms with Crippen molar-refractivity contribution in [1.29, 1.82) is 0 Å². The van der Waals surface area contributed by atoms with E-state index in [4.69, 9.17) is 0 Å². The first-order chi connectivity index (χ1) is 9.44. The number of nitrogens with zero attached hydrogens (tertiary/aromatic N) is 1. The Morgan fingerprint density at radius 1 is 1.20 bits per heavy atom. The number of carbonyl (C=O) groups excluding carboxylic acids is 1. The van der Waals surface area contributed by atoms with Crippen molar-refractivity contribution in [3.63, 3.8) is 0 Å². The third-order valence-corrected chi connectivity index (χ3v) is 3.55. The van der Waals surface area contributed by atoms with Crippen LogP contribution >= 0.6 is 0 Å². The fraction of sp³-hybridized carbons (Fsp3) is 0.533. The highest BCUT2D eigenvalue weighted by atomic mass is 19.4. The number of halogens is 3. The molecular weight excluding hydrogens is 267 g/mol. The van der Waals surface area contributed by atoms with Gasteiger partial charge in [0.1, 0.15) is 0 Å². The van der Waals surface area contributed by atoms with Crippen LogP contribution in [0.4, 0.5) is 13.2 Å². The molecule has 0 N–H and O–H groups in total. The molecule has 2 rings (SSSR count). The van der Waals surface area contributed by atoms with Gasteiger partial charge in [-0.1, -0.05) is 30.3 Å². The highest BCUT2D eigenvalue weighted by Crippen LogP contribution is 2.25. The van der Waals surface area contributed by atoms with E-state index < -0.39 is 12.6 Å². The standard InChI is InChI=1S/C15H18F3NO/c16-15(17,18)7-4-8-19-11-13(10-14(19)20)9-12-5-2-1-3-6-12/h1-3,5-6,13H,4,7-11H2. The van der Waals surface area contributed by atoms with Gasteiger partial charge in [0.25, 0.3) is 0 Å². The van der Waals surface area contributed by atoms with E-state index in [0.29, 0.717) is 13.0 Å². The van der Waals surface area contributed by atoms with Gasteiger partial charge in [-0.15, -0.1) is 0 Å². The summed E-state index contributed by atoms with van der Waals surface area (Å²) in [4.78, 5) is 13.3. The molecule has 0 aromatic heterocycles. The van der Waals surface area contributed by atoms with Gasteiger partial charge < -0.3 is 4.90 Å². The van der Waals surface area contributed by atoms with Crippen molar-refractivity contribution in [2.45, 2.75) is 31.9 Å². The lowest BCUT2D eigenvalue weighted by molar-refractivity contribution is -0.139. The Kier molecular flexibility index (Phi) is 4.68. The van der Waals surface area contributed by atoms with Crippen LogP contribution in [0.5, 0.6) is 0 Å². The summed E-state index contributed by atoms with van der Waals surface area (Å²) in [5.74, 6) is 0.198. The Balaban J connectivity index is 1.79. The monoisotopic (exact) mass is 285 g/mol. The number of alkyl halides is 3. The molecule has 1 atom stereocenters. The Morgan fingerprint density at radius 3 is 2.55 bits per heavy atom. The topological polar surface area (TPSA) is 20.3 Å². The lowest BCUT2D eigenvalue weighted by Gasteiger charge is -2.17. The van der Waals surface area contributed by atoms with Crippen LogP contribution in [-0.2, 0) is 11.2 Å². The maximum absolute atomic E-state index is 12.1. The molecule has 0 saturated carbocycles. The lowest BCUT2D eigenvalue weighted by atomic mass is 9.99. The van der Waals surface area contributed by atoms with Crippen molar-refractivity contribution < 1.29 is 18.0 Å². The second-order valence-corrected chi connectivity index (χ2v) is 5.32. The fourth-order valence-corrected chi connectivity index (χ4v) is 2.62. The molecule has 1 amide bonds. The van der Waals surface area contributed by atoms with Crippen LogP contribution in [0.15, 0.2) is 30.3 Å². The molecule has 0 aliphatic carbocycles. The molecule has 0 radical (unpaired) electrons. The van der Waals surface area contributed by atoms with Crippen LogP contribution in [0.3, 0.4) is 0 Å². The van der Waals surface area contributed by atoms with Gasteiger partial charge >= 0.3 is 6.18 Å². The number of rotatable bonds is 5. The average molecular weight is 285 g/mol. The molecule has 0 spiro atoms. The number of likely N-dealkylation sites (tertiary alicyclic amines) is 1. The zero-order valence-corrected chi connectivity index (χ0v) is 11.2. The zero-order chi connectivity index (χ0) is 14.6. The van der Waals surface area contributed by atoms with Gasteiger partial charge in [-0.2, -0.15) is 13.2 Å². The number of benzene rings is 1. The Morgan fingerprint density at radius 2 is 1.90 bits per heavy atom. The van der Waals surface area contributed by atoms with Crippen LogP contribution in [0.1, 0.15) is 24.8 Å². The predicted octanol–water partition coefficient (Wildman–Crippen LogP) is 3.42. The first-order valence-corrected chi connectivity index (χ1v) is 6.82. The van der Waals surface area contributed by atoms with Gasteiger partial charge in [-0.25, -0.2) is 0 Å². The third-order valence-electron chi connectivity index (χ3n) is 3.55. The van der Waals surface area contributed by atoms with Crippen LogP contribution in [0.2, 0.25) is 0 Å². The molecule has 1 aromatic rings. The quantitative estimate of drug-likeness (QED) is 0.811. The molecule has 1 fully saturated rings. The first kappa shape index (κ1) is 14.9. The van der Waals surface area contributed by atoms with Gasteiger partial charge in [0.2, 0.25) is 5.91 Å². The maximum Gasteiger partial charge on any atom is 0.389 e. The molecule has 20 heavy (non-hydrogen) atoms. The fourth-order valence-electron chi connectivity index (χ4n) is 2.62. The Hall–Kier alpha value is -1.52. The van der Waals surface area contributed by atoms with Crippen molar-refractivity contribution in [3.8, 4) is 0 Å². The van der Waals surface area contributed by atoms with E-state index in [-0.39, 0.29) is 24.8 Å². The van der Waals surface area contributed by atoms with Crippen LogP contribution in [0, 0.1) is 5.92 Å². The molecular formula is C15H18F3NO. The summed E-state index contributed by atoms with van der Waals surface area (Å²) < 4.78 is 36.3. The normalized spacial score (nSPS) is 19.6.